The van der Waals surface area contributed by atoms with Crippen LogP contribution < -0.4 is 59.7 Å². The minimum Gasteiger partial charge on any atom is -0.397 e. The first-order valence-electron chi connectivity index (χ1n) is 29.6. The first kappa shape index (κ1) is 70.2. The highest BCUT2D eigenvalue weighted by Crippen LogP contribution is 2.34. The molecule has 0 bridgehead atoms. The van der Waals surface area contributed by atoms with E-state index >= 15 is 0 Å². The van der Waals surface area contributed by atoms with Gasteiger partial charge in [0.15, 0.2) is 0 Å². The normalized spacial score (nSPS) is 17.8. The van der Waals surface area contributed by atoms with Crippen molar-refractivity contribution in [1.29, 1.82) is 0 Å². The van der Waals surface area contributed by atoms with Crippen LogP contribution in [0.5, 0.6) is 0 Å². The van der Waals surface area contributed by atoms with Crippen LogP contribution in [-0.2, 0) is 25.7 Å². The predicted octanol–water partition coefficient (Wildman–Crippen LogP) is 6.92. The van der Waals surface area contributed by atoms with Gasteiger partial charge < -0.3 is 59.7 Å². The van der Waals surface area contributed by atoms with E-state index < -0.39 is 38.6 Å². The fraction of sp³-hybridized carbons (Fsp3) is 0.548. The van der Waals surface area contributed by atoms with Crippen molar-refractivity contribution in [1.82, 2.24) is 26.2 Å². The zero-order valence-electron chi connectivity index (χ0n) is 51.1. The number of amides is 4. The number of nitrogens with two attached hydrogens (primary N) is 5. The number of nitrogens with zero attached hydrogens (tertiary/aromatic N) is 5. The molecule has 4 aromatic rings. The van der Waals surface area contributed by atoms with Gasteiger partial charge in [0.2, 0.25) is 29.4 Å². The number of nitrogen functional groups attached to an aromatic ring is 1. The third-order valence-electron chi connectivity index (χ3n) is 15.8. The highest BCUT2D eigenvalue weighted by molar-refractivity contribution is 5.87. The SMILES string of the molecule is CC(C)NC1(C(N)=O)CCCCC1.CC(C)NC1(C(N)=O)CCN(Cc2ccccc2)CC1.CC(C)NC1(C(N)=O)CCN(c2ccccc2N)CC1.CC(C)NC1(C(N)=O)CCN(c2ccccc2[N+](=O)[O-])CC1.O=[N+]([O-])c1ccccc1F. The number of likely N-dealkylation sites (tertiary alicyclic amines) is 1. The van der Waals surface area contributed by atoms with E-state index in [2.05, 4.69) is 83.0 Å². The van der Waals surface area contributed by atoms with Crippen molar-refractivity contribution in [2.75, 3.05) is 54.8 Å². The molecule has 3 saturated heterocycles. The third-order valence-corrected chi connectivity index (χ3v) is 15.8. The van der Waals surface area contributed by atoms with Crippen LogP contribution in [0, 0.1) is 26.0 Å². The van der Waals surface area contributed by atoms with Gasteiger partial charge >= 0.3 is 5.69 Å². The molecule has 23 heteroatoms. The number of benzene rings is 4. The fourth-order valence-electron chi connectivity index (χ4n) is 11.7. The number of piperidine rings is 3. The van der Waals surface area contributed by atoms with Crippen LogP contribution in [-0.4, -0.2) is 124 Å². The Labute approximate surface area is 501 Å². The molecule has 0 unspecified atom stereocenters. The van der Waals surface area contributed by atoms with Crippen LogP contribution >= 0.6 is 0 Å². The van der Waals surface area contributed by atoms with E-state index in [-0.39, 0.29) is 52.4 Å². The second-order valence-electron chi connectivity index (χ2n) is 23.8. The van der Waals surface area contributed by atoms with Gasteiger partial charge in [0.05, 0.1) is 26.8 Å². The average Bonchev–Trinajstić information content (AvgIpc) is 3.60. The number of nitro benzene ring substituents is 2. The van der Waals surface area contributed by atoms with Crippen LogP contribution in [0.3, 0.4) is 0 Å². The molecule has 22 nitrogen and oxygen atoms in total. The quantitative estimate of drug-likeness (QED) is 0.0277. The number of para-hydroxylation sites is 5. The van der Waals surface area contributed by atoms with Crippen LogP contribution in [0.4, 0.5) is 32.8 Å². The molecule has 8 rings (SSSR count). The summed E-state index contributed by atoms with van der Waals surface area (Å²) in [6.45, 7) is 21.6. The molecule has 1 aliphatic carbocycles. The lowest BCUT2D eigenvalue weighted by Crippen LogP contribution is -2.62. The zero-order valence-corrected chi connectivity index (χ0v) is 51.1. The smallest absolute Gasteiger partial charge is 0.304 e. The summed E-state index contributed by atoms with van der Waals surface area (Å²) in [6.07, 6.45) is 9.31. The first-order valence-corrected chi connectivity index (χ1v) is 29.6. The Morgan fingerprint density at radius 2 is 0.800 bits per heavy atom. The van der Waals surface area contributed by atoms with E-state index in [0.717, 1.165) is 94.8 Å². The number of nitro groups is 2. The van der Waals surface area contributed by atoms with Crippen molar-refractivity contribution in [3.63, 3.8) is 0 Å². The minimum absolute atomic E-state index is 0.0888. The molecule has 4 fully saturated rings. The summed E-state index contributed by atoms with van der Waals surface area (Å²) in [5.74, 6) is -1.81. The maximum absolute atomic E-state index is 12.4. The van der Waals surface area contributed by atoms with Gasteiger partial charge in [0.25, 0.3) is 5.69 Å². The molecule has 3 heterocycles. The second-order valence-corrected chi connectivity index (χ2v) is 23.8. The van der Waals surface area contributed by atoms with E-state index in [9.17, 15) is 43.8 Å². The molecule has 4 aliphatic rings. The Morgan fingerprint density at radius 3 is 1.16 bits per heavy atom. The number of hydrogen-bond acceptors (Lipinski definition) is 16. The van der Waals surface area contributed by atoms with Crippen molar-refractivity contribution >= 4 is 52.1 Å². The molecule has 1 saturated carbocycles. The van der Waals surface area contributed by atoms with E-state index in [1.807, 2.05) is 62.9 Å². The van der Waals surface area contributed by atoms with Gasteiger partial charge in [-0.1, -0.05) is 86.0 Å². The van der Waals surface area contributed by atoms with E-state index in [0.29, 0.717) is 50.5 Å². The first-order chi connectivity index (χ1) is 40.1. The number of nitrogens with one attached hydrogen (secondary N) is 4. The molecule has 0 spiro atoms. The van der Waals surface area contributed by atoms with Crippen LogP contribution in [0.15, 0.2) is 103 Å². The average molecular weight is 1180 g/mol. The van der Waals surface area contributed by atoms with Crippen molar-refractivity contribution < 1.29 is 33.4 Å². The number of hydrogen-bond donors (Lipinski definition) is 9. The maximum Gasteiger partial charge on any atom is 0.304 e. The molecule has 85 heavy (non-hydrogen) atoms. The lowest BCUT2D eigenvalue weighted by molar-refractivity contribution is -0.387. The van der Waals surface area contributed by atoms with Gasteiger partial charge in [0, 0.05) is 82.1 Å². The Morgan fingerprint density at radius 1 is 0.471 bits per heavy atom. The van der Waals surface area contributed by atoms with E-state index in [1.54, 1.807) is 18.2 Å². The van der Waals surface area contributed by atoms with Gasteiger partial charge in [-0.05, 0) is 137 Å². The summed E-state index contributed by atoms with van der Waals surface area (Å²) >= 11 is 0. The zero-order chi connectivity index (χ0) is 63.1. The molecular formula is C62H95FN14O8. The van der Waals surface area contributed by atoms with Crippen molar-refractivity contribution in [2.45, 2.75) is 179 Å². The topological polar surface area (TPSA) is 342 Å². The second kappa shape index (κ2) is 32.8. The standard InChI is InChI=1S/C16H25N3O.C15H22N4O3.C15H24N4O.C10H20N2O.C6H4FNO2/c1-13(2)18-16(15(17)20)8-10-19(11-9-16)12-14-6-4-3-5-7-14;1-11(2)17-15(14(16)20)7-9-18(10-8-15)12-5-3-4-6-13(12)19(21)22;1-11(2)18-15(14(17)20)7-9-19(10-8-15)13-6-4-3-5-12(13)16;1-8(2)12-10(9(11)13)6-4-3-5-7-10;7-5-3-1-2-4-6(5)8(9)10/h3-7,13,18H,8-12H2,1-2H3,(H2,17,20);3-6,11,17H,7-10H2,1-2H3,(H2,16,20);3-6,11,18H,7-10,16H2,1-2H3,(H2,17,20);8,12H,3-7H2,1-2H3,(H2,11,13);1-4H. The van der Waals surface area contributed by atoms with Gasteiger partial charge in [-0.15, -0.1) is 0 Å². The summed E-state index contributed by atoms with van der Waals surface area (Å²) < 4.78 is 12.4. The van der Waals surface area contributed by atoms with Gasteiger partial charge in [-0.3, -0.25) is 44.3 Å². The number of carbonyl (C=O) groups is 4. The lowest BCUT2D eigenvalue weighted by Gasteiger charge is -2.42. The Kier molecular flexibility index (Phi) is 27.1. The summed E-state index contributed by atoms with van der Waals surface area (Å²) in [6, 6.07) is 30.9. The lowest BCUT2D eigenvalue weighted by atomic mass is 9.80. The van der Waals surface area contributed by atoms with E-state index in [1.165, 1.54) is 30.2 Å². The van der Waals surface area contributed by atoms with Crippen molar-refractivity contribution in [3.05, 3.63) is 135 Å². The van der Waals surface area contributed by atoms with E-state index in [4.69, 9.17) is 28.7 Å². The molecule has 468 valence electrons. The molecule has 4 amide bonds. The molecule has 0 radical (unpaired) electrons. The number of halogens is 1. The predicted molar refractivity (Wildman–Crippen MR) is 335 cm³/mol. The summed E-state index contributed by atoms with van der Waals surface area (Å²) in [5.41, 5.74) is 29.4. The number of primary amides is 4. The third kappa shape index (κ3) is 20.7. The molecule has 0 aromatic heterocycles. The van der Waals surface area contributed by atoms with Crippen LogP contribution in [0.2, 0.25) is 0 Å². The molecule has 14 N–H and O–H groups in total. The highest BCUT2D eigenvalue weighted by Gasteiger charge is 2.43. The fourth-order valence-corrected chi connectivity index (χ4v) is 11.7. The molecule has 0 atom stereocenters. The summed E-state index contributed by atoms with van der Waals surface area (Å²) in [4.78, 5) is 73.4. The van der Waals surface area contributed by atoms with Crippen LogP contribution in [0.25, 0.3) is 0 Å². The number of rotatable bonds is 18. The number of anilines is 3. The highest BCUT2D eigenvalue weighted by atomic mass is 19.1. The van der Waals surface area contributed by atoms with Crippen molar-refractivity contribution in [2.24, 2.45) is 22.9 Å². The monoisotopic (exact) mass is 1180 g/mol. The Balaban J connectivity index is 0.000000233. The number of carbonyl (C=O) groups excluding carboxylic acids is 4. The largest absolute Gasteiger partial charge is 0.397 e. The summed E-state index contributed by atoms with van der Waals surface area (Å²) in [7, 11) is 0. The van der Waals surface area contributed by atoms with Gasteiger partial charge in [-0.2, -0.15) is 4.39 Å². The van der Waals surface area contributed by atoms with Crippen LogP contribution in [0.1, 0.15) is 132 Å². The summed E-state index contributed by atoms with van der Waals surface area (Å²) in [5, 5.41) is 34.4. The van der Waals surface area contributed by atoms with Crippen molar-refractivity contribution in [3.8, 4) is 0 Å². The Bertz CT molecular complexity index is 2770. The van der Waals surface area contributed by atoms with Gasteiger partial charge in [-0.25, -0.2) is 0 Å². The Hall–Kier alpha value is -7.31. The molecular weight excluding hydrogens is 1090 g/mol. The maximum atomic E-state index is 12.4. The minimum atomic E-state index is -0.799. The molecule has 4 aromatic carbocycles. The molecule has 3 aliphatic heterocycles. The van der Waals surface area contributed by atoms with Gasteiger partial charge in [0.1, 0.15) is 22.3 Å².